The van der Waals surface area contributed by atoms with Crippen molar-refractivity contribution in [1.82, 2.24) is 15.5 Å². The largest absolute Gasteiger partial charge is 0.370 e. The normalized spacial score (nSPS) is 9.91. The lowest BCUT2D eigenvalue weighted by Gasteiger charge is -2.01. The van der Waals surface area contributed by atoms with E-state index in [1.165, 1.54) is 0 Å². The molecule has 0 saturated heterocycles. The first-order valence-electron chi connectivity index (χ1n) is 3.81. The van der Waals surface area contributed by atoms with E-state index >= 15 is 0 Å². The van der Waals surface area contributed by atoms with Gasteiger partial charge in [-0.3, -0.25) is 5.10 Å². The monoisotopic (exact) mass is 154 g/mol. The van der Waals surface area contributed by atoms with Crippen LogP contribution in [-0.4, -0.2) is 30.3 Å². The SMILES string of the molecule is CNCCCNc1ccn[nH]1. The second kappa shape index (κ2) is 4.73. The van der Waals surface area contributed by atoms with Gasteiger partial charge < -0.3 is 10.6 Å². The third-order valence-electron chi connectivity index (χ3n) is 1.42. The van der Waals surface area contributed by atoms with Gasteiger partial charge in [0, 0.05) is 6.54 Å². The minimum absolute atomic E-state index is 0.975. The van der Waals surface area contributed by atoms with Crippen molar-refractivity contribution in [2.75, 3.05) is 25.5 Å². The smallest absolute Gasteiger partial charge is 0.121 e. The van der Waals surface area contributed by atoms with Crippen molar-refractivity contribution in [2.24, 2.45) is 0 Å². The second-order valence-corrected chi connectivity index (χ2v) is 2.35. The second-order valence-electron chi connectivity index (χ2n) is 2.35. The van der Waals surface area contributed by atoms with Gasteiger partial charge in [0.05, 0.1) is 6.20 Å². The van der Waals surface area contributed by atoms with Crippen LogP contribution in [0.2, 0.25) is 0 Å². The predicted octanol–water partition coefficient (Wildman–Crippen LogP) is 0.431. The summed E-state index contributed by atoms with van der Waals surface area (Å²) in [4.78, 5) is 0. The molecule has 0 aliphatic rings. The topological polar surface area (TPSA) is 52.7 Å². The van der Waals surface area contributed by atoms with Crippen LogP contribution in [0, 0.1) is 0 Å². The maximum absolute atomic E-state index is 3.82. The Labute approximate surface area is 66.4 Å². The first-order chi connectivity index (χ1) is 5.43. The van der Waals surface area contributed by atoms with E-state index in [9.17, 15) is 0 Å². The zero-order chi connectivity index (χ0) is 7.94. The fourth-order valence-electron chi connectivity index (χ4n) is 0.843. The Balaban J connectivity index is 2.04. The molecule has 0 amide bonds. The van der Waals surface area contributed by atoms with Crippen LogP contribution in [0.15, 0.2) is 12.3 Å². The Hall–Kier alpha value is -1.03. The highest BCUT2D eigenvalue weighted by Gasteiger charge is 1.89. The summed E-state index contributed by atoms with van der Waals surface area (Å²) in [6, 6.07) is 1.92. The molecule has 0 bridgehead atoms. The third kappa shape index (κ3) is 3.04. The van der Waals surface area contributed by atoms with Crippen molar-refractivity contribution in [3.05, 3.63) is 12.3 Å². The van der Waals surface area contributed by atoms with Crippen LogP contribution in [0.25, 0.3) is 0 Å². The number of hydrogen-bond donors (Lipinski definition) is 3. The molecule has 1 rings (SSSR count). The molecule has 0 atom stereocenters. The van der Waals surface area contributed by atoms with Gasteiger partial charge in [-0.1, -0.05) is 0 Å². The van der Waals surface area contributed by atoms with E-state index in [1.54, 1.807) is 6.20 Å². The molecule has 0 fully saturated rings. The molecule has 0 spiro atoms. The molecule has 0 aliphatic heterocycles. The molecule has 4 nitrogen and oxygen atoms in total. The summed E-state index contributed by atoms with van der Waals surface area (Å²) in [5, 5.41) is 12.9. The minimum Gasteiger partial charge on any atom is -0.370 e. The quantitative estimate of drug-likeness (QED) is 0.539. The molecular weight excluding hydrogens is 140 g/mol. The molecule has 1 heterocycles. The summed E-state index contributed by atoms with van der Waals surface area (Å²) < 4.78 is 0. The van der Waals surface area contributed by atoms with E-state index in [0.29, 0.717) is 0 Å². The lowest BCUT2D eigenvalue weighted by Crippen LogP contribution is -2.12. The summed E-state index contributed by atoms with van der Waals surface area (Å²) >= 11 is 0. The Kier molecular flexibility index (Phi) is 3.47. The molecule has 0 aliphatic carbocycles. The van der Waals surface area contributed by atoms with Gasteiger partial charge in [-0.25, -0.2) is 0 Å². The summed E-state index contributed by atoms with van der Waals surface area (Å²) in [7, 11) is 1.95. The molecule has 1 aromatic heterocycles. The van der Waals surface area contributed by atoms with Gasteiger partial charge >= 0.3 is 0 Å². The highest BCUT2D eigenvalue weighted by Crippen LogP contribution is 1.96. The summed E-state index contributed by atoms with van der Waals surface area (Å²) in [5.74, 6) is 0.987. The fourth-order valence-corrected chi connectivity index (χ4v) is 0.843. The Morgan fingerprint density at radius 2 is 2.45 bits per heavy atom. The van der Waals surface area contributed by atoms with Gasteiger partial charge in [-0.05, 0) is 26.1 Å². The van der Waals surface area contributed by atoms with Gasteiger partial charge in [0.25, 0.3) is 0 Å². The summed E-state index contributed by atoms with van der Waals surface area (Å²) in [6.07, 6.45) is 2.86. The van der Waals surface area contributed by atoms with Crippen LogP contribution in [0.1, 0.15) is 6.42 Å². The Morgan fingerprint density at radius 1 is 1.55 bits per heavy atom. The first-order valence-corrected chi connectivity index (χ1v) is 3.81. The van der Waals surface area contributed by atoms with E-state index in [1.807, 2.05) is 13.1 Å². The summed E-state index contributed by atoms with van der Waals surface area (Å²) in [5.41, 5.74) is 0. The standard InChI is InChI=1S/C7H14N4/c1-8-4-2-5-9-7-3-6-10-11-7/h3,6,8H,2,4-5H2,1H3,(H2,9,10,11). The average Bonchev–Trinajstić information content (AvgIpc) is 2.50. The number of anilines is 1. The molecule has 1 aromatic rings. The summed E-state index contributed by atoms with van der Waals surface area (Å²) in [6.45, 7) is 2.02. The van der Waals surface area contributed by atoms with E-state index in [2.05, 4.69) is 20.8 Å². The van der Waals surface area contributed by atoms with E-state index < -0.39 is 0 Å². The molecule has 11 heavy (non-hydrogen) atoms. The minimum atomic E-state index is 0.975. The van der Waals surface area contributed by atoms with Crippen LogP contribution in [-0.2, 0) is 0 Å². The first kappa shape index (κ1) is 8.07. The number of nitrogens with zero attached hydrogens (tertiary/aromatic N) is 1. The highest BCUT2D eigenvalue weighted by atomic mass is 15.2. The van der Waals surface area contributed by atoms with Gasteiger partial charge in [0.15, 0.2) is 0 Å². The average molecular weight is 154 g/mol. The van der Waals surface area contributed by atoms with Crippen molar-refractivity contribution in [3.63, 3.8) is 0 Å². The van der Waals surface area contributed by atoms with Crippen LogP contribution in [0.3, 0.4) is 0 Å². The predicted molar refractivity (Wildman–Crippen MR) is 45.6 cm³/mol. The van der Waals surface area contributed by atoms with Gasteiger partial charge in [0.2, 0.25) is 0 Å². The van der Waals surface area contributed by atoms with E-state index in [-0.39, 0.29) is 0 Å². The van der Waals surface area contributed by atoms with Crippen LogP contribution in [0.5, 0.6) is 0 Å². The van der Waals surface area contributed by atoms with Crippen molar-refractivity contribution >= 4 is 5.82 Å². The number of rotatable bonds is 5. The van der Waals surface area contributed by atoms with Crippen LogP contribution in [0.4, 0.5) is 5.82 Å². The zero-order valence-corrected chi connectivity index (χ0v) is 6.72. The number of nitrogens with one attached hydrogen (secondary N) is 3. The third-order valence-corrected chi connectivity index (χ3v) is 1.42. The molecule has 3 N–H and O–H groups in total. The van der Waals surface area contributed by atoms with Crippen molar-refractivity contribution in [1.29, 1.82) is 0 Å². The zero-order valence-electron chi connectivity index (χ0n) is 6.72. The molecule has 4 heteroatoms. The molecule has 62 valence electrons. The van der Waals surface area contributed by atoms with Crippen molar-refractivity contribution < 1.29 is 0 Å². The lowest BCUT2D eigenvalue weighted by molar-refractivity contribution is 0.746. The maximum atomic E-state index is 3.82. The Bertz CT molecular complexity index is 171. The van der Waals surface area contributed by atoms with Crippen molar-refractivity contribution in [2.45, 2.75) is 6.42 Å². The molecule has 0 unspecified atom stereocenters. The fraction of sp³-hybridized carbons (Fsp3) is 0.571. The molecule has 0 saturated carbocycles. The molecular formula is C7H14N4. The van der Waals surface area contributed by atoms with Gasteiger partial charge in [0.1, 0.15) is 5.82 Å². The number of aromatic nitrogens is 2. The number of hydrogen-bond acceptors (Lipinski definition) is 3. The lowest BCUT2D eigenvalue weighted by atomic mass is 10.4. The van der Waals surface area contributed by atoms with Gasteiger partial charge in [-0.15, -0.1) is 0 Å². The molecule has 0 aromatic carbocycles. The maximum Gasteiger partial charge on any atom is 0.121 e. The van der Waals surface area contributed by atoms with E-state index in [4.69, 9.17) is 0 Å². The number of aromatic amines is 1. The van der Waals surface area contributed by atoms with Gasteiger partial charge in [-0.2, -0.15) is 5.10 Å². The van der Waals surface area contributed by atoms with E-state index in [0.717, 1.165) is 25.3 Å². The highest BCUT2D eigenvalue weighted by molar-refractivity contribution is 5.31. The van der Waals surface area contributed by atoms with Crippen LogP contribution < -0.4 is 10.6 Å². The number of H-pyrrole nitrogens is 1. The van der Waals surface area contributed by atoms with Crippen LogP contribution >= 0.6 is 0 Å². The molecule has 0 radical (unpaired) electrons. The van der Waals surface area contributed by atoms with Crippen molar-refractivity contribution in [3.8, 4) is 0 Å². The Morgan fingerprint density at radius 3 is 3.09 bits per heavy atom.